The topological polar surface area (TPSA) is 79.9 Å². The first-order chi connectivity index (χ1) is 12.0. The fourth-order valence-corrected chi connectivity index (χ4v) is 2.62. The highest BCUT2D eigenvalue weighted by molar-refractivity contribution is 5.92. The fraction of sp³-hybridized carbons (Fsp3) is 0.556. The number of carbonyl (C=O) groups is 2. The summed E-state index contributed by atoms with van der Waals surface area (Å²) in [6, 6.07) is 5.51. The molecule has 0 radical (unpaired) electrons. The summed E-state index contributed by atoms with van der Waals surface area (Å²) < 4.78 is 10.4. The number of nitrogens with one attached hydrogen (secondary N) is 2. The molecular weight excluding hydrogens is 322 g/mol. The number of nitrogens with zero attached hydrogens (tertiary/aromatic N) is 1. The molecule has 2 rings (SSSR count). The Bertz CT molecular complexity index is 618. The molecule has 7 nitrogen and oxygen atoms in total. The maximum atomic E-state index is 12.2. The van der Waals surface area contributed by atoms with Crippen LogP contribution in [0, 0.1) is 11.8 Å². The van der Waals surface area contributed by atoms with Crippen molar-refractivity contribution in [2.24, 2.45) is 11.8 Å². The van der Waals surface area contributed by atoms with E-state index in [4.69, 9.17) is 9.47 Å². The van der Waals surface area contributed by atoms with E-state index in [9.17, 15) is 9.59 Å². The SMILES string of the molecule is COc1ccc(CNC(=O)C2CC2C(=O)NCCN(C)C)cc1OC. The highest BCUT2D eigenvalue weighted by Gasteiger charge is 2.47. The second-order valence-electron chi connectivity index (χ2n) is 6.45. The molecule has 0 bridgehead atoms. The molecule has 0 heterocycles. The van der Waals surface area contributed by atoms with Gasteiger partial charge in [0, 0.05) is 19.6 Å². The van der Waals surface area contributed by atoms with Gasteiger partial charge in [-0.05, 0) is 38.2 Å². The molecule has 2 N–H and O–H groups in total. The van der Waals surface area contributed by atoms with Crippen molar-refractivity contribution in [1.82, 2.24) is 15.5 Å². The second kappa shape index (κ2) is 8.71. The lowest BCUT2D eigenvalue weighted by Gasteiger charge is -2.11. The first-order valence-corrected chi connectivity index (χ1v) is 8.37. The van der Waals surface area contributed by atoms with E-state index in [0.717, 1.165) is 12.1 Å². The highest BCUT2D eigenvalue weighted by atomic mass is 16.5. The maximum Gasteiger partial charge on any atom is 0.224 e. The highest BCUT2D eigenvalue weighted by Crippen LogP contribution is 2.38. The number of benzene rings is 1. The first-order valence-electron chi connectivity index (χ1n) is 8.37. The normalized spacial score (nSPS) is 18.6. The van der Waals surface area contributed by atoms with Gasteiger partial charge in [0.1, 0.15) is 0 Å². The molecule has 25 heavy (non-hydrogen) atoms. The van der Waals surface area contributed by atoms with Gasteiger partial charge < -0.3 is 25.0 Å². The summed E-state index contributed by atoms with van der Waals surface area (Å²) in [4.78, 5) is 26.2. The molecule has 1 saturated carbocycles. The van der Waals surface area contributed by atoms with Gasteiger partial charge in [-0.15, -0.1) is 0 Å². The number of ether oxygens (including phenoxy) is 2. The first kappa shape index (κ1) is 19.1. The third kappa shape index (κ3) is 5.35. The summed E-state index contributed by atoms with van der Waals surface area (Å²) >= 11 is 0. The molecule has 0 saturated heterocycles. The van der Waals surface area contributed by atoms with E-state index in [0.29, 0.717) is 31.0 Å². The molecule has 7 heteroatoms. The summed E-state index contributed by atoms with van der Waals surface area (Å²) in [6.45, 7) is 1.78. The molecule has 1 aliphatic rings. The Labute approximate surface area is 148 Å². The molecule has 1 aliphatic carbocycles. The van der Waals surface area contributed by atoms with E-state index in [1.165, 1.54) is 0 Å². The number of carbonyl (C=O) groups excluding carboxylic acids is 2. The lowest BCUT2D eigenvalue weighted by Crippen LogP contribution is -2.34. The van der Waals surface area contributed by atoms with Crippen LogP contribution in [0.2, 0.25) is 0 Å². The van der Waals surface area contributed by atoms with Crippen LogP contribution < -0.4 is 20.1 Å². The second-order valence-corrected chi connectivity index (χ2v) is 6.45. The third-order valence-electron chi connectivity index (χ3n) is 4.24. The van der Waals surface area contributed by atoms with Crippen LogP contribution in [0.3, 0.4) is 0 Å². The standard InChI is InChI=1S/C18H27N3O4/c1-21(2)8-7-19-17(22)13-10-14(13)18(23)20-11-12-5-6-15(24-3)16(9-12)25-4/h5-6,9,13-14H,7-8,10-11H2,1-4H3,(H,19,22)(H,20,23). The zero-order valence-electron chi connectivity index (χ0n) is 15.3. The number of likely N-dealkylation sites (N-methyl/N-ethyl adjacent to an activating group) is 1. The van der Waals surface area contributed by atoms with Gasteiger partial charge in [0.05, 0.1) is 26.1 Å². The number of rotatable bonds is 9. The largest absolute Gasteiger partial charge is 0.493 e. The Morgan fingerprint density at radius 2 is 1.72 bits per heavy atom. The van der Waals surface area contributed by atoms with E-state index >= 15 is 0 Å². The van der Waals surface area contributed by atoms with Gasteiger partial charge in [0.25, 0.3) is 0 Å². The van der Waals surface area contributed by atoms with Crippen molar-refractivity contribution < 1.29 is 19.1 Å². The summed E-state index contributed by atoms with van der Waals surface area (Å²) in [6.07, 6.45) is 0.617. The predicted molar refractivity (Wildman–Crippen MR) is 94.6 cm³/mol. The number of hydrogen-bond donors (Lipinski definition) is 2. The molecular formula is C18H27N3O4. The smallest absolute Gasteiger partial charge is 0.224 e. The summed E-state index contributed by atoms with van der Waals surface area (Å²) in [5.74, 6) is 0.732. The van der Waals surface area contributed by atoms with E-state index in [1.54, 1.807) is 20.3 Å². The minimum atomic E-state index is -0.223. The number of hydrogen-bond acceptors (Lipinski definition) is 5. The molecule has 1 aromatic carbocycles. The Kier molecular flexibility index (Phi) is 6.64. The van der Waals surface area contributed by atoms with Gasteiger partial charge in [-0.25, -0.2) is 0 Å². The fourth-order valence-electron chi connectivity index (χ4n) is 2.62. The van der Waals surface area contributed by atoms with E-state index in [-0.39, 0.29) is 23.7 Å². The molecule has 2 unspecified atom stereocenters. The van der Waals surface area contributed by atoms with Crippen molar-refractivity contribution in [2.75, 3.05) is 41.4 Å². The van der Waals surface area contributed by atoms with Crippen LogP contribution in [0.15, 0.2) is 18.2 Å². The lowest BCUT2D eigenvalue weighted by atomic mass is 10.2. The van der Waals surface area contributed by atoms with Gasteiger partial charge in [-0.3, -0.25) is 9.59 Å². The quantitative estimate of drug-likeness (QED) is 0.684. The molecule has 138 valence electrons. The monoisotopic (exact) mass is 349 g/mol. The Balaban J connectivity index is 1.77. The molecule has 2 amide bonds. The van der Waals surface area contributed by atoms with Crippen molar-refractivity contribution in [3.8, 4) is 11.5 Å². The molecule has 1 aromatic rings. The third-order valence-corrected chi connectivity index (χ3v) is 4.24. The maximum absolute atomic E-state index is 12.2. The van der Waals surface area contributed by atoms with Crippen molar-refractivity contribution in [3.05, 3.63) is 23.8 Å². The molecule has 0 spiro atoms. The molecule has 2 atom stereocenters. The molecule has 0 aromatic heterocycles. The van der Waals surface area contributed by atoms with Gasteiger partial charge in [0.2, 0.25) is 11.8 Å². The minimum Gasteiger partial charge on any atom is -0.493 e. The zero-order chi connectivity index (χ0) is 18.4. The average molecular weight is 349 g/mol. The minimum absolute atomic E-state index is 0.0342. The average Bonchev–Trinajstić information content (AvgIpc) is 3.39. The molecule has 0 aliphatic heterocycles. The number of methoxy groups -OCH3 is 2. The van der Waals surface area contributed by atoms with Crippen LogP contribution in [-0.2, 0) is 16.1 Å². The van der Waals surface area contributed by atoms with Gasteiger partial charge in [-0.1, -0.05) is 6.07 Å². The Hall–Kier alpha value is -2.28. The van der Waals surface area contributed by atoms with Crippen molar-refractivity contribution in [2.45, 2.75) is 13.0 Å². The van der Waals surface area contributed by atoms with E-state index in [1.807, 2.05) is 31.1 Å². The lowest BCUT2D eigenvalue weighted by molar-refractivity contribution is -0.127. The number of amides is 2. The van der Waals surface area contributed by atoms with Crippen LogP contribution in [0.1, 0.15) is 12.0 Å². The van der Waals surface area contributed by atoms with Crippen molar-refractivity contribution in [3.63, 3.8) is 0 Å². The van der Waals surface area contributed by atoms with Gasteiger partial charge in [-0.2, -0.15) is 0 Å². The van der Waals surface area contributed by atoms with Crippen molar-refractivity contribution >= 4 is 11.8 Å². The predicted octanol–water partition coefficient (Wildman–Crippen LogP) is 0.634. The van der Waals surface area contributed by atoms with Gasteiger partial charge >= 0.3 is 0 Å². The van der Waals surface area contributed by atoms with Crippen molar-refractivity contribution in [1.29, 1.82) is 0 Å². The summed E-state index contributed by atoms with van der Waals surface area (Å²) in [5, 5.41) is 5.76. The van der Waals surface area contributed by atoms with E-state index < -0.39 is 0 Å². The van der Waals surface area contributed by atoms with Crippen LogP contribution >= 0.6 is 0 Å². The zero-order valence-corrected chi connectivity index (χ0v) is 15.3. The van der Waals surface area contributed by atoms with Crippen LogP contribution in [0.4, 0.5) is 0 Å². The van der Waals surface area contributed by atoms with Crippen LogP contribution in [0.5, 0.6) is 11.5 Å². The Morgan fingerprint density at radius 1 is 1.08 bits per heavy atom. The summed E-state index contributed by atoms with van der Waals surface area (Å²) in [5.41, 5.74) is 0.915. The molecule has 1 fully saturated rings. The summed E-state index contributed by atoms with van der Waals surface area (Å²) in [7, 11) is 7.06. The van der Waals surface area contributed by atoms with E-state index in [2.05, 4.69) is 10.6 Å². The van der Waals surface area contributed by atoms with Gasteiger partial charge in [0.15, 0.2) is 11.5 Å². The Morgan fingerprint density at radius 3 is 2.32 bits per heavy atom. The van der Waals surface area contributed by atoms with Crippen LogP contribution in [0.25, 0.3) is 0 Å². The van der Waals surface area contributed by atoms with Crippen LogP contribution in [-0.4, -0.2) is 58.1 Å².